The van der Waals surface area contributed by atoms with Gasteiger partial charge in [0.05, 0.1) is 6.04 Å². The van der Waals surface area contributed by atoms with Crippen LogP contribution < -0.4 is 5.32 Å². The summed E-state index contributed by atoms with van der Waals surface area (Å²) in [6.07, 6.45) is 5.07. The van der Waals surface area contributed by atoms with Crippen LogP contribution >= 0.6 is 15.9 Å². The molecule has 1 aromatic heterocycles. The van der Waals surface area contributed by atoms with E-state index in [0.717, 1.165) is 30.7 Å². The Hall–Kier alpha value is -1.23. The maximum Gasteiger partial charge on any atom is 0.0605 e. The molecule has 1 fully saturated rings. The van der Waals surface area contributed by atoms with E-state index in [-0.39, 0.29) is 0 Å². The van der Waals surface area contributed by atoms with Crippen molar-refractivity contribution in [2.45, 2.75) is 19.4 Å². The molecule has 1 saturated heterocycles. The van der Waals surface area contributed by atoms with Gasteiger partial charge in [-0.2, -0.15) is 0 Å². The van der Waals surface area contributed by atoms with Crippen LogP contribution in [0.4, 0.5) is 0 Å². The number of benzene rings is 1. The lowest BCUT2D eigenvalue weighted by Crippen LogP contribution is -2.33. The summed E-state index contributed by atoms with van der Waals surface area (Å²) < 4.78 is 1.12. The molecule has 1 unspecified atom stereocenters. The average molecular weight is 360 g/mol. The molecule has 0 spiro atoms. The Balaban J connectivity index is 2.01. The van der Waals surface area contributed by atoms with E-state index in [9.17, 15) is 0 Å². The molecule has 2 aromatic rings. The van der Waals surface area contributed by atoms with E-state index < -0.39 is 0 Å². The largest absolute Gasteiger partial charge is 0.315 e. The Bertz CT molecular complexity index is 604. The Labute approximate surface area is 140 Å². The number of nitrogens with one attached hydrogen (secondary N) is 1. The third-order valence-corrected chi connectivity index (χ3v) is 4.81. The first kappa shape index (κ1) is 15.7. The van der Waals surface area contributed by atoms with Gasteiger partial charge in [0.1, 0.15) is 0 Å². The molecule has 1 atom stereocenters. The van der Waals surface area contributed by atoms with Gasteiger partial charge in [-0.15, -0.1) is 0 Å². The fourth-order valence-electron chi connectivity index (χ4n) is 3.15. The maximum absolute atomic E-state index is 4.26. The minimum absolute atomic E-state index is 0.302. The standard InChI is InChI=1S/C18H22BrN3/c1-14-13-21-9-7-17(14)18(15-3-5-16(19)6-4-15)22-11-2-8-20-10-12-22/h3-7,9,13,18,20H,2,8,10-12H2,1H3. The highest BCUT2D eigenvalue weighted by molar-refractivity contribution is 9.10. The third-order valence-electron chi connectivity index (χ3n) is 4.28. The lowest BCUT2D eigenvalue weighted by atomic mass is 9.94. The number of nitrogens with zero attached hydrogens (tertiary/aromatic N) is 2. The first-order chi connectivity index (χ1) is 10.8. The number of rotatable bonds is 3. The first-order valence-corrected chi connectivity index (χ1v) is 8.66. The van der Waals surface area contributed by atoms with Crippen LogP contribution in [0.25, 0.3) is 0 Å². The molecule has 0 aliphatic carbocycles. The van der Waals surface area contributed by atoms with E-state index in [1.807, 2.05) is 12.4 Å². The maximum atomic E-state index is 4.26. The van der Waals surface area contributed by atoms with Gasteiger partial charge in [-0.1, -0.05) is 28.1 Å². The van der Waals surface area contributed by atoms with Gasteiger partial charge < -0.3 is 5.32 Å². The monoisotopic (exact) mass is 359 g/mol. The number of hydrogen-bond acceptors (Lipinski definition) is 3. The average Bonchev–Trinajstić information content (AvgIpc) is 2.80. The molecular formula is C18H22BrN3. The van der Waals surface area contributed by atoms with Crippen molar-refractivity contribution >= 4 is 15.9 Å². The van der Waals surface area contributed by atoms with Crippen molar-refractivity contribution in [2.75, 3.05) is 26.2 Å². The lowest BCUT2D eigenvalue weighted by Gasteiger charge is -2.32. The molecule has 1 aliphatic rings. The Kier molecular flexibility index (Phi) is 5.24. The third kappa shape index (κ3) is 3.57. The van der Waals surface area contributed by atoms with Gasteiger partial charge in [0.2, 0.25) is 0 Å². The summed E-state index contributed by atoms with van der Waals surface area (Å²) >= 11 is 3.54. The summed E-state index contributed by atoms with van der Waals surface area (Å²) in [5.74, 6) is 0. The fraction of sp³-hybridized carbons (Fsp3) is 0.389. The van der Waals surface area contributed by atoms with Gasteiger partial charge in [-0.25, -0.2) is 0 Å². The molecule has 3 nitrogen and oxygen atoms in total. The zero-order chi connectivity index (χ0) is 15.4. The zero-order valence-corrected chi connectivity index (χ0v) is 14.5. The molecular weight excluding hydrogens is 338 g/mol. The van der Waals surface area contributed by atoms with Crippen molar-refractivity contribution in [1.29, 1.82) is 0 Å². The fourth-order valence-corrected chi connectivity index (χ4v) is 3.41. The zero-order valence-electron chi connectivity index (χ0n) is 12.9. The van der Waals surface area contributed by atoms with Gasteiger partial charge in [-0.05, 0) is 54.8 Å². The van der Waals surface area contributed by atoms with Crippen LogP contribution in [0.1, 0.15) is 29.2 Å². The van der Waals surface area contributed by atoms with Crippen LogP contribution in [0.15, 0.2) is 47.2 Å². The summed E-state index contributed by atoms with van der Waals surface area (Å²) in [4.78, 5) is 6.85. The van der Waals surface area contributed by atoms with Crippen LogP contribution in [-0.4, -0.2) is 36.1 Å². The van der Waals surface area contributed by atoms with Crippen molar-refractivity contribution in [3.63, 3.8) is 0 Å². The van der Waals surface area contributed by atoms with Crippen molar-refractivity contribution in [3.05, 3.63) is 63.9 Å². The van der Waals surface area contributed by atoms with Crippen LogP contribution in [0.5, 0.6) is 0 Å². The van der Waals surface area contributed by atoms with Gasteiger partial charge in [-0.3, -0.25) is 9.88 Å². The molecule has 0 saturated carbocycles. The summed E-state index contributed by atoms with van der Waals surface area (Å²) in [5.41, 5.74) is 3.96. The minimum Gasteiger partial charge on any atom is -0.315 e. The number of hydrogen-bond donors (Lipinski definition) is 1. The Morgan fingerprint density at radius 2 is 1.95 bits per heavy atom. The molecule has 3 rings (SSSR count). The highest BCUT2D eigenvalue weighted by atomic mass is 79.9. The second kappa shape index (κ2) is 7.36. The van der Waals surface area contributed by atoms with E-state index in [1.54, 1.807) is 0 Å². The second-order valence-corrected chi connectivity index (χ2v) is 6.74. The Morgan fingerprint density at radius 1 is 1.14 bits per heavy atom. The van der Waals surface area contributed by atoms with Gasteiger partial charge in [0, 0.05) is 36.5 Å². The molecule has 0 amide bonds. The van der Waals surface area contributed by atoms with Crippen molar-refractivity contribution in [3.8, 4) is 0 Å². The van der Waals surface area contributed by atoms with Crippen LogP contribution in [-0.2, 0) is 0 Å². The highest BCUT2D eigenvalue weighted by Crippen LogP contribution is 2.31. The van der Waals surface area contributed by atoms with Crippen molar-refractivity contribution < 1.29 is 0 Å². The predicted molar refractivity (Wildman–Crippen MR) is 94.0 cm³/mol. The summed E-state index contributed by atoms with van der Waals surface area (Å²) in [5, 5.41) is 3.50. The van der Waals surface area contributed by atoms with Crippen LogP contribution in [0.2, 0.25) is 0 Å². The smallest absolute Gasteiger partial charge is 0.0605 e. The SMILES string of the molecule is Cc1cnccc1C(c1ccc(Br)cc1)N1CCCNCC1. The molecule has 22 heavy (non-hydrogen) atoms. The topological polar surface area (TPSA) is 28.2 Å². The molecule has 2 heterocycles. The van der Waals surface area contributed by atoms with Gasteiger partial charge >= 0.3 is 0 Å². The van der Waals surface area contributed by atoms with Crippen molar-refractivity contribution in [1.82, 2.24) is 15.2 Å². The molecule has 116 valence electrons. The summed E-state index contributed by atoms with van der Waals surface area (Å²) in [6, 6.07) is 11.2. The van der Waals surface area contributed by atoms with Gasteiger partial charge in [0.25, 0.3) is 0 Å². The first-order valence-electron chi connectivity index (χ1n) is 7.86. The minimum atomic E-state index is 0.302. The summed E-state index contributed by atoms with van der Waals surface area (Å²) in [6.45, 7) is 6.51. The number of aromatic nitrogens is 1. The Morgan fingerprint density at radius 3 is 2.73 bits per heavy atom. The molecule has 1 N–H and O–H groups in total. The molecule has 4 heteroatoms. The van der Waals surface area contributed by atoms with Crippen LogP contribution in [0.3, 0.4) is 0 Å². The normalized spacial score (nSPS) is 17.9. The van der Waals surface area contributed by atoms with Gasteiger partial charge in [0.15, 0.2) is 0 Å². The summed E-state index contributed by atoms with van der Waals surface area (Å²) in [7, 11) is 0. The molecule has 1 aromatic carbocycles. The van der Waals surface area contributed by atoms with E-state index in [2.05, 4.69) is 68.4 Å². The molecule has 0 bridgehead atoms. The highest BCUT2D eigenvalue weighted by Gasteiger charge is 2.24. The van der Waals surface area contributed by atoms with E-state index in [0.29, 0.717) is 6.04 Å². The van der Waals surface area contributed by atoms with Crippen LogP contribution in [0, 0.1) is 6.92 Å². The number of pyridine rings is 1. The molecule has 0 radical (unpaired) electrons. The lowest BCUT2D eigenvalue weighted by molar-refractivity contribution is 0.240. The quantitative estimate of drug-likeness (QED) is 0.908. The molecule has 1 aliphatic heterocycles. The van der Waals surface area contributed by atoms with E-state index in [4.69, 9.17) is 0 Å². The second-order valence-electron chi connectivity index (χ2n) is 5.83. The predicted octanol–water partition coefficient (Wildman–Crippen LogP) is 3.54. The van der Waals surface area contributed by atoms with E-state index in [1.165, 1.54) is 23.1 Å². The number of aryl methyl sites for hydroxylation is 1. The van der Waals surface area contributed by atoms with Crippen molar-refractivity contribution in [2.24, 2.45) is 0 Å². The van der Waals surface area contributed by atoms with E-state index >= 15 is 0 Å². The number of halogens is 1.